The summed E-state index contributed by atoms with van der Waals surface area (Å²) in [5.41, 5.74) is 2.31. The Balaban J connectivity index is 1.61. The van der Waals surface area contributed by atoms with Gasteiger partial charge < -0.3 is 19.4 Å². The van der Waals surface area contributed by atoms with Crippen LogP contribution in [0.5, 0.6) is 11.6 Å². The number of rotatable bonds is 8. The Morgan fingerprint density at radius 2 is 1.87 bits per heavy atom. The molecule has 0 aliphatic heterocycles. The second kappa shape index (κ2) is 8.77. The molecule has 3 heterocycles. The number of hydrogen-bond acceptors (Lipinski definition) is 7. The summed E-state index contributed by atoms with van der Waals surface area (Å²) in [6, 6.07) is 13.6. The van der Waals surface area contributed by atoms with E-state index in [1.165, 1.54) is 0 Å². The Morgan fingerprint density at radius 1 is 1.03 bits per heavy atom. The molecular weight excluding hydrogens is 380 g/mol. The van der Waals surface area contributed by atoms with Gasteiger partial charge in [0.15, 0.2) is 17.3 Å². The summed E-state index contributed by atoms with van der Waals surface area (Å²) in [7, 11) is 1.59. The zero-order valence-electron chi connectivity index (χ0n) is 17.2. The van der Waals surface area contributed by atoms with Gasteiger partial charge in [0.1, 0.15) is 17.9 Å². The highest BCUT2D eigenvalue weighted by Crippen LogP contribution is 2.26. The van der Waals surface area contributed by atoms with Crippen LogP contribution in [0.4, 0.5) is 5.82 Å². The molecule has 3 aromatic heterocycles. The number of nitrogens with zero attached hydrogens (tertiary/aromatic N) is 5. The maximum Gasteiger partial charge on any atom is 0.212 e. The zero-order valence-corrected chi connectivity index (χ0v) is 17.2. The van der Waals surface area contributed by atoms with Crippen molar-refractivity contribution in [1.82, 2.24) is 24.5 Å². The molecule has 0 saturated heterocycles. The normalized spacial score (nSPS) is 11.1. The number of nitrogens with one attached hydrogen (secondary N) is 1. The lowest BCUT2D eigenvalue weighted by molar-refractivity contribution is 0.333. The summed E-state index contributed by atoms with van der Waals surface area (Å²) >= 11 is 0. The molecule has 0 bridgehead atoms. The molecule has 8 nitrogen and oxygen atoms in total. The SMILES string of the molecule is COc1ccc(-c2nc(NCCOc3ccccc3)c3ncn(C(C)C)c3n2)cn1. The summed E-state index contributed by atoms with van der Waals surface area (Å²) in [5.74, 6) is 2.62. The fourth-order valence-corrected chi connectivity index (χ4v) is 3.04. The summed E-state index contributed by atoms with van der Waals surface area (Å²) in [5, 5.41) is 3.35. The van der Waals surface area contributed by atoms with Gasteiger partial charge >= 0.3 is 0 Å². The third-order valence-electron chi connectivity index (χ3n) is 4.59. The van der Waals surface area contributed by atoms with Crippen molar-refractivity contribution in [3.63, 3.8) is 0 Å². The predicted octanol–water partition coefficient (Wildman–Crippen LogP) is 3.97. The third kappa shape index (κ3) is 4.17. The molecule has 0 aliphatic rings. The lowest BCUT2D eigenvalue weighted by atomic mass is 10.2. The quantitative estimate of drug-likeness (QED) is 0.445. The van der Waals surface area contributed by atoms with E-state index in [4.69, 9.17) is 19.4 Å². The maximum absolute atomic E-state index is 5.77. The van der Waals surface area contributed by atoms with Crippen LogP contribution < -0.4 is 14.8 Å². The minimum atomic E-state index is 0.223. The van der Waals surface area contributed by atoms with Crippen LogP contribution in [0.2, 0.25) is 0 Å². The smallest absolute Gasteiger partial charge is 0.212 e. The van der Waals surface area contributed by atoms with Gasteiger partial charge in [0.25, 0.3) is 0 Å². The summed E-state index contributed by atoms with van der Waals surface area (Å²) in [6.45, 7) is 5.27. The van der Waals surface area contributed by atoms with E-state index in [0.29, 0.717) is 30.7 Å². The number of benzene rings is 1. The Morgan fingerprint density at radius 3 is 2.57 bits per heavy atom. The molecule has 1 aromatic carbocycles. The molecule has 4 aromatic rings. The van der Waals surface area contributed by atoms with Crippen LogP contribution in [0.25, 0.3) is 22.6 Å². The Hall–Kier alpha value is -3.68. The van der Waals surface area contributed by atoms with E-state index in [2.05, 4.69) is 29.1 Å². The molecule has 4 rings (SSSR count). The van der Waals surface area contributed by atoms with Crippen LogP contribution in [0.3, 0.4) is 0 Å². The van der Waals surface area contributed by atoms with Gasteiger partial charge in [-0.1, -0.05) is 18.2 Å². The van der Waals surface area contributed by atoms with Crippen LogP contribution in [0.15, 0.2) is 55.0 Å². The van der Waals surface area contributed by atoms with Crippen molar-refractivity contribution in [2.24, 2.45) is 0 Å². The maximum atomic E-state index is 5.77. The first kappa shape index (κ1) is 19.6. The van der Waals surface area contributed by atoms with Gasteiger partial charge in [-0.05, 0) is 32.0 Å². The highest BCUT2D eigenvalue weighted by Gasteiger charge is 2.16. The van der Waals surface area contributed by atoms with Gasteiger partial charge in [0, 0.05) is 23.9 Å². The number of para-hydroxylation sites is 1. The van der Waals surface area contributed by atoms with E-state index < -0.39 is 0 Å². The van der Waals surface area contributed by atoms with Gasteiger partial charge in [-0.25, -0.2) is 19.9 Å². The highest BCUT2D eigenvalue weighted by molar-refractivity contribution is 5.85. The molecule has 0 saturated carbocycles. The lowest BCUT2D eigenvalue weighted by Crippen LogP contribution is -2.13. The van der Waals surface area contributed by atoms with Crippen LogP contribution in [-0.2, 0) is 0 Å². The van der Waals surface area contributed by atoms with E-state index in [9.17, 15) is 0 Å². The topological polar surface area (TPSA) is 87.0 Å². The zero-order chi connectivity index (χ0) is 20.9. The average molecular weight is 404 g/mol. The number of fused-ring (bicyclic) bond motifs is 1. The lowest BCUT2D eigenvalue weighted by Gasteiger charge is -2.12. The van der Waals surface area contributed by atoms with Crippen LogP contribution in [-0.4, -0.2) is 44.8 Å². The molecule has 0 unspecified atom stereocenters. The Labute approximate surface area is 174 Å². The average Bonchev–Trinajstić information content (AvgIpc) is 3.22. The third-order valence-corrected chi connectivity index (χ3v) is 4.59. The molecular formula is C22H24N6O2. The summed E-state index contributed by atoms with van der Waals surface area (Å²) in [4.78, 5) is 18.3. The van der Waals surface area contributed by atoms with E-state index in [1.807, 2.05) is 41.0 Å². The van der Waals surface area contributed by atoms with Gasteiger partial charge in [-0.2, -0.15) is 0 Å². The molecule has 0 spiro atoms. The number of hydrogen-bond donors (Lipinski definition) is 1. The van der Waals surface area contributed by atoms with E-state index in [0.717, 1.165) is 22.5 Å². The number of anilines is 1. The molecule has 0 atom stereocenters. The fourth-order valence-electron chi connectivity index (χ4n) is 3.04. The molecule has 8 heteroatoms. The van der Waals surface area contributed by atoms with Crippen molar-refractivity contribution in [3.05, 3.63) is 55.0 Å². The first-order valence-electron chi connectivity index (χ1n) is 9.82. The fraction of sp³-hybridized carbons (Fsp3) is 0.273. The number of ether oxygens (including phenoxy) is 2. The van der Waals surface area contributed by atoms with E-state index >= 15 is 0 Å². The first-order valence-corrected chi connectivity index (χ1v) is 9.82. The van der Waals surface area contributed by atoms with Crippen LogP contribution >= 0.6 is 0 Å². The molecule has 0 fully saturated rings. The van der Waals surface area contributed by atoms with Gasteiger partial charge in [-0.15, -0.1) is 0 Å². The van der Waals surface area contributed by atoms with Crippen LogP contribution in [0.1, 0.15) is 19.9 Å². The van der Waals surface area contributed by atoms with E-state index in [-0.39, 0.29) is 6.04 Å². The first-order chi connectivity index (χ1) is 14.7. The van der Waals surface area contributed by atoms with Crippen molar-refractivity contribution in [2.45, 2.75) is 19.9 Å². The number of imidazole rings is 1. The van der Waals surface area contributed by atoms with E-state index in [1.54, 1.807) is 25.7 Å². The molecule has 30 heavy (non-hydrogen) atoms. The van der Waals surface area contributed by atoms with Crippen molar-refractivity contribution in [3.8, 4) is 23.0 Å². The largest absolute Gasteiger partial charge is 0.492 e. The Kier molecular flexibility index (Phi) is 5.74. The molecule has 0 aliphatic carbocycles. The Bertz CT molecular complexity index is 1110. The molecule has 0 amide bonds. The monoisotopic (exact) mass is 404 g/mol. The molecule has 154 valence electrons. The second-order valence-corrected chi connectivity index (χ2v) is 6.99. The van der Waals surface area contributed by atoms with Gasteiger partial charge in [0.05, 0.1) is 20.0 Å². The molecule has 0 radical (unpaired) electrons. The second-order valence-electron chi connectivity index (χ2n) is 6.99. The van der Waals surface area contributed by atoms with Crippen LogP contribution in [0, 0.1) is 0 Å². The predicted molar refractivity (Wildman–Crippen MR) is 116 cm³/mol. The van der Waals surface area contributed by atoms with Crippen molar-refractivity contribution in [1.29, 1.82) is 0 Å². The van der Waals surface area contributed by atoms with Crippen molar-refractivity contribution < 1.29 is 9.47 Å². The number of pyridine rings is 1. The minimum Gasteiger partial charge on any atom is -0.492 e. The summed E-state index contributed by atoms with van der Waals surface area (Å²) < 4.78 is 12.9. The highest BCUT2D eigenvalue weighted by atomic mass is 16.5. The standard InChI is InChI=1S/C22H24N6O2/c1-15(2)28-14-25-19-21(23-11-12-30-17-7-5-4-6-8-17)26-20(27-22(19)28)16-9-10-18(29-3)24-13-16/h4-10,13-15H,11-12H2,1-3H3,(H,23,26,27). The van der Waals surface area contributed by atoms with Crippen molar-refractivity contribution in [2.75, 3.05) is 25.6 Å². The number of methoxy groups -OCH3 is 1. The summed E-state index contributed by atoms with van der Waals surface area (Å²) in [6.07, 6.45) is 3.50. The minimum absolute atomic E-state index is 0.223. The van der Waals surface area contributed by atoms with Gasteiger partial charge in [0.2, 0.25) is 5.88 Å². The number of aromatic nitrogens is 5. The van der Waals surface area contributed by atoms with Gasteiger partial charge in [-0.3, -0.25) is 0 Å². The molecule has 1 N–H and O–H groups in total. The van der Waals surface area contributed by atoms with Crippen molar-refractivity contribution >= 4 is 17.0 Å².